The van der Waals surface area contributed by atoms with E-state index < -0.39 is 0 Å². The molecule has 0 spiro atoms. The van der Waals surface area contributed by atoms with Gasteiger partial charge in [0.25, 0.3) is 0 Å². The van der Waals surface area contributed by atoms with Crippen molar-refractivity contribution >= 4 is 11.8 Å². The summed E-state index contributed by atoms with van der Waals surface area (Å²) in [6, 6.07) is 15.9. The van der Waals surface area contributed by atoms with E-state index in [1.807, 2.05) is 48.5 Å². The van der Waals surface area contributed by atoms with Gasteiger partial charge in [0, 0.05) is 11.3 Å². The highest BCUT2D eigenvalue weighted by molar-refractivity contribution is 7.99. The maximum Gasteiger partial charge on any atom is 0.231 e. The summed E-state index contributed by atoms with van der Waals surface area (Å²) in [7, 11) is 0. The SMILES string of the molecule is OCCSc1nnc(-c2ccccc2)n1Cc1ccc2c(c1)OCO2. The van der Waals surface area contributed by atoms with Gasteiger partial charge in [0.05, 0.1) is 13.2 Å². The van der Waals surface area contributed by atoms with Crippen LogP contribution in [0.15, 0.2) is 53.7 Å². The van der Waals surface area contributed by atoms with E-state index in [4.69, 9.17) is 14.6 Å². The van der Waals surface area contributed by atoms with Crippen LogP contribution in [0.2, 0.25) is 0 Å². The molecule has 7 heteroatoms. The maximum absolute atomic E-state index is 9.13. The number of aromatic nitrogens is 3. The monoisotopic (exact) mass is 355 g/mol. The topological polar surface area (TPSA) is 69.4 Å². The number of benzene rings is 2. The molecule has 2 aromatic carbocycles. The van der Waals surface area contributed by atoms with E-state index in [-0.39, 0.29) is 13.4 Å². The molecule has 3 aromatic rings. The van der Waals surface area contributed by atoms with Crippen molar-refractivity contribution < 1.29 is 14.6 Å². The molecule has 0 fully saturated rings. The lowest BCUT2D eigenvalue weighted by atomic mass is 10.2. The van der Waals surface area contributed by atoms with Crippen LogP contribution in [0.4, 0.5) is 0 Å². The molecule has 2 heterocycles. The normalized spacial score (nSPS) is 12.5. The predicted molar refractivity (Wildman–Crippen MR) is 94.9 cm³/mol. The molecule has 0 radical (unpaired) electrons. The standard InChI is InChI=1S/C18H17N3O3S/c22-8-9-25-18-20-19-17(14-4-2-1-3-5-14)21(18)11-13-6-7-15-16(10-13)24-12-23-15/h1-7,10,22H,8-9,11-12H2. The van der Waals surface area contributed by atoms with Crippen molar-refractivity contribution in [1.82, 2.24) is 14.8 Å². The summed E-state index contributed by atoms with van der Waals surface area (Å²) < 4.78 is 12.9. The van der Waals surface area contributed by atoms with E-state index >= 15 is 0 Å². The van der Waals surface area contributed by atoms with Crippen LogP contribution in [0.3, 0.4) is 0 Å². The van der Waals surface area contributed by atoms with Crippen LogP contribution >= 0.6 is 11.8 Å². The average Bonchev–Trinajstić information content (AvgIpc) is 3.27. The molecule has 0 aliphatic carbocycles. The Balaban J connectivity index is 1.69. The number of thioether (sulfide) groups is 1. The number of hydrogen-bond donors (Lipinski definition) is 1. The second-order valence-corrected chi connectivity index (χ2v) is 6.58. The van der Waals surface area contributed by atoms with Crippen LogP contribution in [0.5, 0.6) is 11.5 Å². The van der Waals surface area contributed by atoms with Gasteiger partial charge in [0.15, 0.2) is 22.5 Å². The highest BCUT2D eigenvalue weighted by atomic mass is 32.2. The molecule has 0 saturated carbocycles. The minimum Gasteiger partial charge on any atom is -0.454 e. The van der Waals surface area contributed by atoms with E-state index in [0.717, 1.165) is 33.6 Å². The Morgan fingerprint density at radius 2 is 1.88 bits per heavy atom. The summed E-state index contributed by atoms with van der Waals surface area (Å²) in [5.41, 5.74) is 2.08. The molecule has 0 unspecified atom stereocenters. The first-order valence-electron chi connectivity index (χ1n) is 7.96. The first-order chi connectivity index (χ1) is 12.3. The fourth-order valence-electron chi connectivity index (χ4n) is 2.70. The Morgan fingerprint density at radius 3 is 2.72 bits per heavy atom. The Labute approximate surface area is 149 Å². The maximum atomic E-state index is 9.13. The minimum absolute atomic E-state index is 0.0994. The quantitative estimate of drug-likeness (QED) is 0.686. The molecule has 128 valence electrons. The highest BCUT2D eigenvalue weighted by Crippen LogP contribution is 2.33. The fraction of sp³-hybridized carbons (Fsp3) is 0.222. The van der Waals surface area contributed by atoms with Crippen molar-refractivity contribution in [3.63, 3.8) is 0 Å². The third kappa shape index (κ3) is 3.33. The lowest BCUT2D eigenvalue weighted by Gasteiger charge is -2.11. The average molecular weight is 355 g/mol. The molecule has 0 bridgehead atoms. The highest BCUT2D eigenvalue weighted by Gasteiger charge is 2.17. The van der Waals surface area contributed by atoms with Crippen molar-refractivity contribution in [2.75, 3.05) is 19.2 Å². The predicted octanol–water partition coefficient (Wildman–Crippen LogP) is 2.81. The zero-order chi connectivity index (χ0) is 17.1. The van der Waals surface area contributed by atoms with Crippen molar-refractivity contribution in [2.24, 2.45) is 0 Å². The zero-order valence-corrected chi connectivity index (χ0v) is 14.3. The number of nitrogens with zero attached hydrogens (tertiary/aromatic N) is 3. The van der Waals surface area contributed by atoms with Gasteiger partial charge in [-0.25, -0.2) is 0 Å². The number of rotatable bonds is 6. The molecular formula is C18H17N3O3S. The van der Waals surface area contributed by atoms with Gasteiger partial charge in [-0.15, -0.1) is 10.2 Å². The second-order valence-electron chi connectivity index (χ2n) is 5.52. The number of fused-ring (bicyclic) bond motifs is 1. The van der Waals surface area contributed by atoms with E-state index in [0.29, 0.717) is 12.3 Å². The molecule has 0 saturated heterocycles. The summed E-state index contributed by atoms with van der Waals surface area (Å²) in [6.45, 7) is 0.974. The van der Waals surface area contributed by atoms with Crippen LogP contribution in [-0.4, -0.2) is 39.0 Å². The molecular weight excluding hydrogens is 338 g/mol. The van der Waals surface area contributed by atoms with Crippen LogP contribution in [0.1, 0.15) is 5.56 Å². The molecule has 0 atom stereocenters. The first kappa shape index (κ1) is 16.0. The third-order valence-electron chi connectivity index (χ3n) is 3.85. The van der Waals surface area contributed by atoms with Gasteiger partial charge in [-0.3, -0.25) is 4.57 Å². The largest absolute Gasteiger partial charge is 0.454 e. The molecule has 1 aromatic heterocycles. The van der Waals surface area contributed by atoms with Crippen molar-refractivity contribution in [3.8, 4) is 22.9 Å². The summed E-state index contributed by atoms with van der Waals surface area (Å²) >= 11 is 1.49. The zero-order valence-electron chi connectivity index (χ0n) is 13.5. The molecule has 6 nitrogen and oxygen atoms in total. The van der Waals surface area contributed by atoms with Gasteiger partial charge in [0.2, 0.25) is 6.79 Å². The van der Waals surface area contributed by atoms with Crippen LogP contribution in [-0.2, 0) is 6.54 Å². The first-order valence-corrected chi connectivity index (χ1v) is 8.94. The van der Waals surface area contributed by atoms with Gasteiger partial charge >= 0.3 is 0 Å². The number of aliphatic hydroxyl groups is 1. The minimum atomic E-state index is 0.0994. The molecule has 1 aliphatic heterocycles. The van der Waals surface area contributed by atoms with Gasteiger partial charge in [-0.2, -0.15) is 0 Å². The number of aliphatic hydroxyl groups excluding tert-OH is 1. The van der Waals surface area contributed by atoms with E-state index in [1.54, 1.807) is 0 Å². The number of hydrogen-bond acceptors (Lipinski definition) is 6. The van der Waals surface area contributed by atoms with E-state index in [1.165, 1.54) is 11.8 Å². The van der Waals surface area contributed by atoms with Gasteiger partial charge in [-0.05, 0) is 17.7 Å². The van der Waals surface area contributed by atoms with Gasteiger partial charge in [-0.1, -0.05) is 48.2 Å². The summed E-state index contributed by atoms with van der Waals surface area (Å²) in [5, 5.41) is 18.6. The molecule has 1 N–H and O–H groups in total. The van der Waals surface area contributed by atoms with Gasteiger partial charge in [0.1, 0.15) is 0 Å². The molecule has 0 amide bonds. The van der Waals surface area contributed by atoms with E-state index in [2.05, 4.69) is 14.8 Å². The van der Waals surface area contributed by atoms with Crippen LogP contribution in [0.25, 0.3) is 11.4 Å². The second kappa shape index (κ2) is 7.16. The summed E-state index contributed by atoms with van der Waals surface area (Å²) in [4.78, 5) is 0. The number of ether oxygens (including phenoxy) is 2. The third-order valence-corrected chi connectivity index (χ3v) is 4.80. The van der Waals surface area contributed by atoms with Crippen molar-refractivity contribution in [3.05, 3.63) is 54.1 Å². The fourth-order valence-corrected chi connectivity index (χ4v) is 3.38. The summed E-state index contributed by atoms with van der Waals surface area (Å²) in [6.07, 6.45) is 0. The lowest BCUT2D eigenvalue weighted by molar-refractivity contribution is 0.174. The van der Waals surface area contributed by atoms with Crippen molar-refractivity contribution in [2.45, 2.75) is 11.7 Å². The van der Waals surface area contributed by atoms with Crippen LogP contribution < -0.4 is 9.47 Å². The molecule has 1 aliphatic rings. The Morgan fingerprint density at radius 1 is 1.04 bits per heavy atom. The van der Waals surface area contributed by atoms with Crippen molar-refractivity contribution in [1.29, 1.82) is 0 Å². The molecule has 4 rings (SSSR count). The molecule has 25 heavy (non-hydrogen) atoms. The van der Waals surface area contributed by atoms with E-state index in [9.17, 15) is 0 Å². The summed E-state index contributed by atoms with van der Waals surface area (Å²) in [5.74, 6) is 2.91. The Hall–Kier alpha value is -2.51. The van der Waals surface area contributed by atoms with Gasteiger partial charge < -0.3 is 14.6 Å². The lowest BCUT2D eigenvalue weighted by Crippen LogP contribution is -2.05. The Bertz CT molecular complexity index is 867. The smallest absolute Gasteiger partial charge is 0.231 e. The Kier molecular flexibility index (Phi) is 4.58. The van der Waals surface area contributed by atoms with Crippen LogP contribution in [0, 0.1) is 0 Å².